The Balaban J connectivity index is 1.38. The molecule has 35 heteroatoms. The monoisotopic (exact) mass is 1610 g/mol. The van der Waals surface area contributed by atoms with Crippen molar-refractivity contribution in [2.75, 3.05) is 44.4 Å². The molecule has 0 spiro atoms. The fraction of sp³-hybridized carbons (Fsp3) is 0.551. The third-order valence-electron chi connectivity index (χ3n) is 19.3. The molecule has 13 atom stereocenters. The number of ether oxygens (including phenoxy) is 1. The van der Waals surface area contributed by atoms with Crippen molar-refractivity contribution in [2.24, 2.45) is 23.3 Å². The zero-order chi connectivity index (χ0) is 82.5. The van der Waals surface area contributed by atoms with E-state index in [1.54, 1.807) is 113 Å². The Morgan fingerprint density at radius 3 is 1.91 bits per heavy atom. The van der Waals surface area contributed by atoms with Crippen molar-refractivity contribution in [2.45, 2.75) is 216 Å². The Kier molecular flexibility index (Phi) is 39.2. The summed E-state index contributed by atoms with van der Waals surface area (Å²) in [6.45, 7) is 10.5. The van der Waals surface area contributed by atoms with Gasteiger partial charge in [0, 0.05) is 80.7 Å². The van der Waals surface area contributed by atoms with Gasteiger partial charge in [-0.1, -0.05) is 147 Å². The lowest BCUT2D eigenvalue weighted by Crippen LogP contribution is -2.62. The van der Waals surface area contributed by atoms with Crippen LogP contribution in [0.5, 0.6) is 0 Å². The van der Waals surface area contributed by atoms with E-state index in [1.165, 1.54) is 24.3 Å². The van der Waals surface area contributed by atoms with Crippen molar-refractivity contribution in [3.63, 3.8) is 0 Å². The van der Waals surface area contributed by atoms with E-state index in [4.69, 9.17) is 16.2 Å². The van der Waals surface area contributed by atoms with Crippen LogP contribution in [0.25, 0.3) is 0 Å². The summed E-state index contributed by atoms with van der Waals surface area (Å²) in [7, 11) is 2.00. The second-order valence-corrected chi connectivity index (χ2v) is 31.3. The van der Waals surface area contributed by atoms with Gasteiger partial charge in [-0.2, -0.15) is 0 Å². The maximum absolute atomic E-state index is 16.1. The number of aromatic nitrogens is 2. The van der Waals surface area contributed by atoms with E-state index < -0.39 is 168 Å². The average molecular weight is 1610 g/mol. The lowest BCUT2D eigenvalue weighted by Gasteiger charge is -2.35. The van der Waals surface area contributed by atoms with Crippen molar-refractivity contribution in [3.8, 4) is 0 Å². The molecular weight excluding hydrogens is 1500 g/mol. The summed E-state index contributed by atoms with van der Waals surface area (Å²) in [6.07, 6.45) is 1.73. The maximum atomic E-state index is 16.1. The highest BCUT2D eigenvalue weighted by atomic mass is 33.1. The fourth-order valence-electron chi connectivity index (χ4n) is 13.0. The third kappa shape index (κ3) is 30.8. The molecule has 2 aliphatic rings. The quantitative estimate of drug-likeness (QED) is 0.0219. The average Bonchev–Trinajstić information content (AvgIpc) is 1.77. The number of carboxylic acid groups (broad SMARTS) is 1. The third-order valence-corrected chi connectivity index (χ3v) is 21.7. The van der Waals surface area contributed by atoms with Gasteiger partial charge in [0.15, 0.2) is 0 Å². The molecule has 6 rings (SSSR count). The van der Waals surface area contributed by atoms with Crippen LogP contribution in [0.4, 0.5) is 0 Å². The van der Waals surface area contributed by atoms with Gasteiger partial charge in [-0.15, -0.1) is 0 Å². The molecule has 2 fully saturated rings. The number of aromatic amines is 1. The lowest BCUT2D eigenvalue weighted by molar-refractivity contribution is -0.143. The number of unbranched alkanes of at least 4 members (excludes halogenated alkanes) is 2. The number of aliphatic carboxylic acids is 1. The molecule has 2 saturated heterocycles. The predicted octanol–water partition coefficient (Wildman–Crippen LogP) is 0.926. The van der Waals surface area contributed by atoms with Gasteiger partial charge in [0.1, 0.15) is 67.0 Å². The van der Waals surface area contributed by atoms with E-state index in [0.717, 1.165) is 27.2 Å². The van der Waals surface area contributed by atoms with E-state index >= 15 is 24.0 Å². The van der Waals surface area contributed by atoms with Gasteiger partial charge >= 0.3 is 5.97 Å². The highest BCUT2D eigenvalue weighted by Gasteiger charge is 2.45. The molecule has 3 heterocycles. The van der Waals surface area contributed by atoms with Crippen LogP contribution in [-0.2, 0) is 84.7 Å². The number of nitrogens with zero attached hydrogens (tertiary/aromatic N) is 2. The zero-order valence-corrected chi connectivity index (χ0v) is 66.5. The fourth-order valence-corrected chi connectivity index (χ4v) is 15.4. The highest BCUT2D eigenvalue weighted by Crippen LogP contribution is 2.32. The van der Waals surface area contributed by atoms with Crippen LogP contribution in [0.15, 0.2) is 104 Å². The molecule has 0 radical (unpaired) electrons. The topological polar surface area (TPSA) is 505 Å². The SMILES string of the molecule is CCOCC(=O)NCCCC[C@@H]1NC(=O)C([C@@H](C)CC)NC(=O)[C@@H](NC(=O)C2CCCN2C(=O)[C@@H](NC(=O)[C@H](Cc2cnc[nH]2)NC(=O)[C@@H](NC(=O)[C@H](CCC(=O)O)NC(=O)CC(C)C)C(C)O)C(c2ccccc2)c2ccccc2)CSSC[C@@H](C(N)=O)NC(=O)[C@@H](CCCCN)NC(=O)C[C@H](Cc2ccccc2)NC1=O. The number of amides is 13. The van der Waals surface area contributed by atoms with E-state index in [1.807, 2.05) is 12.1 Å². The van der Waals surface area contributed by atoms with Crippen molar-refractivity contribution < 1.29 is 82.1 Å². The van der Waals surface area contributed by atoms with Crippen molar-refractivity contribution in [1.29, 1.82) is 0 Å². The number of carbonyl (C=O) groups is 14. The number of hydrogen-bond acceptors (Lipinski definition) is 20. The molecule has 3 aromatic carbocycles. The Morgan fingerprint density at radius 2 is 1.31 bits per heavy atom. The Bertz CT molecular complexity index is 3740. The number of rotatable bonds is 38. The molecule has 33 nitrogen and oxygen atoms in total. The molecule has 3 unspecified atom stereocenters. The Morgan fingerprint density at radius 1 is 0.690 bits per heavy atom. The Hall–Kier alpha value is -9.97. The van der Waals surface area contributed by atoms with Gasteiger partial charge in [-0.25, -0.2) is 4.98 Å². The summed E-state index contributed by atoms with van der Waals surface area (Å²) in [5.74, 6) is -13.8. The van der Waals surface area contributed by atoms with Gasteiger partial charge in [0.05, 0.1) is 12.4 Å². The number of primary amides is 1. The summed E-state index contributed by atoms with van der Waals surface area (Å²) >= 11 is 0. The summed E-state index contributed by atoms with van der Waals surface area (Å²) < 4.78 is 5.23. The summed E-state index contributed by atoms with van der Waals surface area (Å²) in [5.41, 5.74) is 13.9. The first-order valence-corrected chi connectivity index (χ1v) is 41.0. The Labute approximate surface area is 666 Å². The lowest BCUT2D eigenvalue weighted by atomic mass is 9.84. The normalized spacial score (nSPS) is 20.5. The first-order valence-electron chi connectivity index (χ1n) is 38.5. The number of benzene rings is 3. The van der Waals surface area contributed by atoms with Crippen LogP contribution in [-0.4, -0.2) is 225 Å². The number of aliphatic hydroxyl groups excluding tert-OH is 1. The molecule has 4 aromatic rings. The molecule has 113 heavy (non-hydrogen) atoms. The van der Waals surface area contributed by atoms with Crippen LogP contribution in [0.2, 0.25) is 0 Å². The zero-order valence-electron chi connectivity index (χ0n) is 64.9. The first kappa shape index (κ1) is 91.9. The van der Waals surface area contributed by atoms with Crippen molar-refractivity contribution in [3.05, 3.63) is 126 Å². The van der Waals surface area contributed by atoms with Crippen LogP contribution in [0.3, 0.4) is 0 Å². The van der Waals surface area contributed by atoms with Crippen molar-refractivity contribution in [1.82, 2.24) is 73.4 Å². The minimum atomic E-state index is -1.81. The molecule has 18 N–H and O–H groups in total. The van der Waals surface area contributed by atoms with Gasteiger partial charge in [0.2, 0.25) is 76.8 Å². The highest BCUT2D eigenvalue weighted by molar-refractivity contribution is 8.76. The number of aliphatic hydroxyl groups is 1. The standard InChI is InChI=1S/C78H112N16O17S2/c1-7-47(5)66-76(108)87-55(30-19-21-35-82-63(98)42-111-8-2)70(102)84-52(38-49-23-12-9-13-24-49)40-62(97)85-54(29-18-20-34-79)71(103)89-58(69(80)101)43-112-113-44-59(74(106)91-66)90-75(107)60-31-22-36-94(60)78(110)68(65(50-25-14-10-15-26-50)51-27-16-11-17-28-51)93-73(105)57(39-53-41-81-45-83-53)88-77(109)67(48(6)95)92-72(104)56(32-33-64(99)100)86-61(96)37-46(3)4/h9-17,23-28,41,45-48,52,54-60,65-68,95H,7-8,18-22,29-40,42-44,79H2,1-6H3,(H2,80,101)(H,81,83)(H,82,98)(H,84,102)(H,85,97)(H,86,96)(H,87,108)(H,88,109)(H,89,103)(H,90,107)(H,91,106)(H,92,104)(H,93,105)(H,99,100)/t47-,48?,52-,54+,55-,56-,57-,58-,59-,60?,66?,67-,68-/m0/s1. The van der Waals surface area contributed by atoms with Crippen LogP contribution < -0.4 is 70.0 Å². The van der Waals surface area contributed by atoms with Gasteiger partial charge in [0.25, 0.3) is 0 Å². The summed E-state index contributed by atoms with van der Waals surface area (Å²) in [5, 5.41) is 50.9. The van der Waals surface area contributed by atoms with Gasteiger partial charge in [-0.05, 0) is 113 Å². The summed E-state index contributed by atoms with van der Waals surface area (Å²) in [4.78, 5) is 208. The predicted molar refractivity (Wildman–Crippen MR) is 424 cm³/mol. The maximum Gasteiger partial charge on any atom is 0.303 e. The number of nitrogens with two attached hydrogens (primary N) is 2. The first-order chi connectivity index (χ1) is 54.1. The summed E-state index contributed by atoms with van der Waals surface area (Å²) in [6, 6.07) is 10.8. The molecule has 0 bridgehead atoms. The number of nitrogens with one attached hydrogen (secondary N) is 12. The van der Waals surface area contributed by atoms with Gasteiger partial charge in [-0.3, -0.25) is 67.1 Å². The molecular formula is C78H112N16O17S2. The second-order valence-electron chi connectivity index (χ2n) is 28.7. The van der Waals surface area contributed by atoms with Crippen LogP contribution in [0, 0.1) is 11.8 Å². The molecule has 1 aromatic heterocycles. The molecule has 0 saturated carbocycles. The minimum absolute atomic E-state index is 0.0104. The van der Waals surface area contributed by atoms with E-state index in [2.05, 4.69) is 68.5 Å². The smallest absolute Gasteiger partial charge is 0.303 e. The van der Waals surface area contributed by atoms with Crippen LogP contribution in [0.1, 0.15) is 153 Å². The number of carboxylic acids is 1. The van der Waals surface area contributed by atoms with E-state index in [0.29, 0.717) is 49.1 Å². The van der Waals surface area contributed by atoms with E-state index in [-0.39, 0.29) is 114 Å². The van der Waals surface area contributed by atoms with Crippen LogP contribution >= 0.6 is 21.6 Å². The van der Waals surface area contributed by atoms with E-state index in [9.17, 15) is 53.4 Å². The molecule has 618 valence electrons. The largest absolute Gasteiger partial charge is 0.481 e. The number of H-pyrrole nitrogens is 1. The second kappa shape index (κ2) is 48.2. The molecule has 0 aliphatic carbocycles. The molecule has 13 amide bonds. The number of hydrogen-bond donors (Lipinski definition) is 16. The molecule has 2 aliphatic heterocycles. The van der Waals surface area contributed by atoms with Gasteiger partial charge < -0.3 is 94.8 Å². The number of imidazole rings is 1. The number of likely N-dealkylation sites (tertiary alicyclic amines) is 1. The minimum Gasteiger partial charge on any atom is -0.481 e. The number of carbonyl (C=O) groups excluding carboxylic acids is 13. The van der Waals surface area contributed by atoms with Crippen molar-refractivity contribution >= 4 is 104 Å².